The fourth-order valence-corrected chi connectivity index (χ4v) is 1.61. The topological polar surface area (TPSA) is 89.2 Å². The van der Waals surface area contributed by atoms with Gasteiger partial charge in [-0.05, 0) is 35.7 Å². The largest absolute Gasteiger partial charge is 0.416 e. The Bertz CT molecular complexity index is 498. The van der Waals surface area contributed by atoms with Crippen LogP contribution < -0.4 is 0 Å². The predicted molar refractivity (Wildman–Crippen MR) is 61.2 cm³/mol. The van der Waals surface area contributed by atoms with Crippen LogP contribution in [0.2, 0.25) is 0 Å². The molecule has 2 unspecified atom stereocenters. The number of alkyl halides is 3. The van der Waals surface area contributed by atoms with Crippen molar-refractivity contribution in [1.29, 1.82) is 0 Å². The van der Waals surface area contributed by atoms with Crippen LogP contribution in [0.5, 0.6) is 0 Å². The predicted octanol–water partition coefficient (Wildman–Crippen LogP) is 2.72. The number of aryl methyl sites for hydroxylation is 1. The standard InChI is InChI=1S/C11H12F3N3O2/c1-6-4-7(11(12,13)14)2-3-8(6)10(19)9(18)5-16-17-15/h2-4,9-10,18-19H,5H2,1H3. The third-order valence-corrected chi connectivity index (χ3v) is 2.61. The molecule has 2 atom stereocenters. The summed E-state index contributed by atoms with van der Waals surface area (Å²) in [4.78, 5) is 2.43. The number of azide groups is 1. The number of benzene rings is 1. The Morgan fingerprint density at radius 1 is 1.37 bits per heavy atom. The first-order chi connectivity index (χ1) is 8.77. The molecule has 0 radical (unpaired) electrons. The Morgan fingerprint density at radius 2 is 2.00 bits per heavy atom. The van der Waals surface area contributed by atoms with E-state index in [2.05, 4.69) is 10.0 Å². The monoisotopic (exact) mass is 275 g/mol. The Morgan fingerprint density at radius 3 is 2.47 bits per heavy atom. The van der Waals surface area contributed by atoms with E-state index >= 15 is 0 Å². The van der Waals surface area contributed by atoms with Crippen molar-refractivity contribution < 1.29 is 23.4 Å². The van der Waals surface area contributed by atoms with Crippen molar-refractivity contribution in [2.24, 2.45) is 5.11 Å². The Labute approximate surface area is 106 Å². The van der Waals surface area contributed by atoms with Crippen molar-refractivity contribution >= 4 is 0 Å². The summed E-state index contributed by atoms with van der Waals surface area (Å²) in [6.45, 7) is 1.03. The number of hydrogen-bond acceptors (Lipinski definition) is 3. The summed E-state index contributed by atoms with van der Waals surface area (Å²) in [5.74, 6) is 0. The first-order valence-electron chi connectivity index (χ1n) is 5.32. The minimum absolute atomic E-state index is 0.161. The van der Waals surface area contributed by atoms with Gasteiger partial charge in [0.2, 0.25) is 0 Å². The minimum Gasteiger partial charge on any atom is -0.390 e. The maximum absolute atomic E-state index is 12.5. The van der Waals surface area contributed by atoms with Crippen LogP contribution in [0.15, 0.2) is 23.3 Å². The maximum Gasteiger partial charge on any atom is 0.416 e. The fourth-order valence-electron chi connectivity index (χ4n) is 1.61. The average molecular weight is 275 g/mol. The van der Waals surface area contributed by atoms with E-state index in [1.165, 1.54) is 6.92 Å². The molecule has 1 aromatic carbocycles. The normalized spacial score (nSPS) is 14.6. The minimum atomic E-state index is -4.46. The van der Waals surface area contributed by atoms with E-state index in [0.29, 0.717) is 0 Å². The molecule has 0 aliphatic heterocycles. The van der Waals surface area contributed by atoms with E-state index < -0.39 is 23.9 Å². The summed E-state index contributed by atoms with van der Waals surface area (Å²) in [7, 11) is 0. The van der Waals surface area contributed by atoms with Gasteiger partial charge in [0.1, 0.15) is 6.10 Å². The molecule has 19 heavy (non-hydrogen) atoms. The highest BCUT2D eigenvalue weighted by molar-refractivity contribution is 5.34. The number of rotatable bonds is 4. The summed E-state index contributed by atoms with van der Waals surface area (Å²) in [5.41, 5.74) is 7.62. The van der Waals surface area contributed by atoms with Crippen molar-refractivity contribution in [1.82, 2.24) is 0 Å². The zero-order valence-corrected chi connectivity index (χ0v) is 9.96. The van der Waals surface area contributed by atoms with Crippen molar-refractivity contribution in [2.75, 3.05) is 6.54 Å². The van der Waals surface area contributed by atoms with Gasteiger partial charge in [0.15, 0.2) is 0 Å². The molecule has 0 aromatic heterocycles. The summed E-state index contributed by atoms with van der Waals surface area (Å²) in [6.07, 6.45) is -7.24. The van der Waals surface area contributed by atoms with E-state index in [4.69, 9.17) is 5.53 Å². The van der Waals surface area contributed by atoms with E-state index in [1.807, 2.05) is 0 Å². The highest BCUT2D eigenvalue weighted by Gasteiger charge is 2.31. The molecule has 0 bridgehead atoms. The summed E-state index contributed by atoms with van der Waals surface area (Å²) in [6, 6.07) is 2.81. The third kappa shape index (κ3) is 3.85. The van der Waals surface area contributed by atoms with Gasteiger partial charge in [-0.15, -0.1) is 0 Å². The van der Waals surface area contributed by atoms with Crippen LogP contribution in [0, 0.1) is 6.92 Å². The van der Waals surface area contributed by atoms with E-state index in [-0.39, 0.29) is 17.7 Å². The number of halogens is 3. The lowest BCUT2D eigenvalue weighted by molar-refractivity contribution is -0.137. The Kier molecular flexibility index (Phi) is 4.77. The van der Waals surface area contributed by atoms with Gasteiger partial charge in [0, 0.05) is 4.91 Å². The van der Waals surface area contributed by atoms with Crippen molar-refractivity contribution in [3.8, 4) is 0 Å². The molecule has 0 aliphatic rings. The lowest BCUT2D eigenvalue weighted by Gasteiger charge is -2.19. The molecule has 1 rings (SSSR count). The molecule has 0 aliphatic carbocycles. The highest BCUT2D eigenvalue weighted by Crippen LogP contribution is 2.32. The van der Waals surface area contributed by atoms with Crippen molar-refractivity contribution in [3.05, 3.63) is 45.3 Å². The zero-order valence-electron chi connectivity index (χ0n) is 9.96. The van der Waals surface area contributed by atoms with Crippen LogP contribution in [-0.2, 0) is 6.18 Å². The van der Waals surface area contributed by atoms with Gasteiger partial charge >= 0.3 is 6.18 Å². The van der Waals surface area contributed by atoms with Crippen LogP contribution >= 0.6 is 0 Å². The second kappa shape index (κ2) is 5.92. The van der Waals surface area contributed by atoms with E-state index in [9.17, 15) is 23.4 Å². The summed E-state index contributed by atoms with van der Waals surface area (Å²) < 4.78 is 37.4. The van der Waals surface area contributed by atoms with Gasteiger partial charge in [-0.25, -0.2) is 0 Å². The fraction of sp³-hybridized carbons (Fsp3) is 0.455. The number of aliphatic hydroxyl groups excluding tert-OH is 2. The molecule has 0 saturated carbocycles. The molecule has 1 aromatic rings. The zero-order chi connectivity index (χ0) is 14.6. The summed E-state index contributed by atoms with van der Waals surface area (Å²) in [5, 5.41) is 22.4. The molecule has 0 saturated heterocycles. The van der Waals surface area contributed by atoms with Crippen molar-refractivity contribution in [2.45, 2.75) is 25.3 Å². The lowest BCUT2D eigenvalue weighted by Crippen LogP contribution is -2.22. The molecule has 2 N–H and O–H groups in total. The van der Waals surface area contributed by atoms with Gasteiger partial charge in [-0.1, -0.05) is 11.2 Å². The molecule has 0 amide bonds. The first-order valence-corrected chi connectivity index (χ1v) is 5.32. The molecular weight excluding hydrogens is 263 g/mol. The Hall–Kier alpha value is -1.76. The molecule has 104 valence electrons. The third-order valence-electron chi connectivity index (χ3n) is 2.61. The van der Waals surface area contributed by atoms with Crippen LogP contribution in [-0.4, -0.2) is 22.9 Å². The van der Waals surface area contributed by atoms with E-state index in [1.54, 1.807) is 0 Å². The first kappa shape index (κ1) is 15.3. The van der Waals surface area contributed by atoms with Crippen LogP contribution in [0.4, 0.5) is 13.2 Å². The van der Waals surface area contributed by atoms with Gasteiger partial charge in [-0.3, -0.25) is 0 Å². The van der Waals surface area contributed by atoms with Crippen LogP contribution in [0.25, 0.3) is 10.4 Å². The maximum atomic E-state index is 12.5. The number of hydrogen-bond donors (Lipinski definition) is 2. The number of aliphatic hydroxyl groups is 2. The second-order valence-electron chi connectivity index (χ2n) is 3.99. The van der Waals surface area contributed by atoms with Gasteiger partial charge in [0.05, 0.1) is 18.2 Å². The Balaban J connectivity index is 2.99. The van der Waals surface area contributed by atoms with Crippen LogP contribution in [0.3, 0.4) is 0 Å². The van der Waals surface area contributed by atoms with Crippen molar-refractivity contribution in [3.63, 3.8) is 0 Å². The molecule has 8 heteroatoms. The van der Waals surface area contributed by atoms with Crippen LogP contribution in [0.1, 0.15) is 22.8 Å². The molecule has 0 heterocycles. The molecule has 0 spiro atoms. The van der Waals surface area contributed by atoms with E-state index in [0.717, 1.165) is 18.2 Å². The quantitative estimate of drug-likeness (QED) is 0.502. The highest BCUT2D eigenvalue weighted by atomic mass is 19.4. The van der Waals surface area contributed by atoms with Gasteiger partial charge < -0.3 is 10.2 Å². The average Bonchev–Trinajstić information content (AvgIpc) is 2.33. The van der Waals surface area contributed by atoms with Gasteiger partial charge in [0.25, 0.3) is 0 Å². The molecular formula is C11H12F3N3O2. The van der Waals surface area contributed by atoms with Gasteiger partial charge in [-0.2, -0.15) is 13.2 Å². The number of nitrogens with zero attached hydrogens (tertiary/aromatic N) is 3. The molecule has 5 nitrogen and oxygen atoms in total. The summed E-state index contributed by atoms with van der Waals surface area (Å²) >= 11 is 0. The SMILES string of the molecule is Cc1cc(C(F)(F)F)ccc1C(O)C(O)CN=[N+]=[N-]. The second-order valence-corrected chi connectivity index (χ2v) is 3.99. The smallest absolute Gasteiger partial charge is 0.390 e. The lowest BCUT2D eigenvalue weighted by atomic mass is 9.97. The molecule has 0 fully saturated rings.